The normalized spacial score (nSPS) is 15.4. The molecule has 1 aliphatic heterocycles. The third-order valence-corrected chi connectivity index (χ3v) is 4.95. The molecule has 1 N–H and O–H groups in total. The summed E-state index contributed by atoms with van der Waals surface area (Å²) < 4.78 is 6.61. The third-order valence-electron chi connectivity index (χ3n) is 4.06. The Hall–Kier alpha value is -1.60. The van der Waals surface area contributed by atoms with Gasteiger partial charge in [0.25, 0.3) is 0 Å². The Morgan fingerprint density at radius 1 is 1.09 bits per heavy atom. The molecule has 1 fully saturated rings. The summed E-state index contributed by atoms with van der Waals surface area (Å²) in [5, 5.41) is 1.18. The number of pyridine rings is 1. The number of halogens is 1. The van der Waals surface area contributed by atoms with Gasteiger partial charge in [0.2, 0.25) is 0 Å². The lowest BCUT2D eigenvalue weighted by Gasteiger charge is -2.28. The first-order valence-electron chi connectivity index (χ1n) is 7.37. The van der Waals surface area contributed by atoms with E-state index in [-0.39, 0.29) is 0 Å². The zero-order valence-electron chi connectivity index (χ0n) is 12.1. The Kier molecular flexibility index (Phi) is 3.75. The van der Waals surface area contributed by atoms with Crippen LogP contribution in [0.4, 0.5) is 5.69 Å². The average molecular weight is 405 g/mol. The number of morpholine rings is 1. The molecule has 0 saturated carbocycles. The fourth-order valence-electron chi connectivity index (χ4n) is 2.82. The van der Waals surface area contributed by atoms with E-state index in [1.807, 2.05) is 12.4 Å². The van der Waals surface area contributed by atoms with Gasteiger partial charge in [0.1, 0.15) is 5.65 Å². The number of H-pyrrole nitrogens is 1. The molecule has 1 saturated heterocycles. The second kappa shape index (κ2) is 5.89. The van der Waals surface area contributed by atoms with Crippen LogP contribution in [0.3, 0.4) is 0 Å². The second-order valence-electron chi connectivity index (χ2n) is 5.40. The molecule has 0 unspecified atom stereocenters. The molecule has 0 bridgehead atoms. The van der Waals surface area contributed by atoms with Gasteiger partial charge in [-0.2, -0.15) is 0 Å². The molecular formula is C17H16IN3O. The maximum absolute atomic E-state index is 5.41. The summed E-state index contributed by atoms with van der Waals surface area (Å²) in [7, 11) is 0. The minimum Gasteiger partial charge on any atom is -0.378 e. The van der Waals surface area contributed by atoms with E-state index in [1.54, 1.807) is 0 Å². The molecule has 3 heterocycles. The lowest BCUT2D eigenvalue weighted by Crippen LogP contribution is -2.36. The van der Waals surface area contributed by atoms with Crippen molar-refractivity contribution in [3.8, 4) is 11.1 Å². The van der Waals surface area contributed by atoms with E-state index >= 15 is 0 Å². The van der Waals surface area contributed by atoms with Gasteiger partial charge in [0.15, 0.2) is 0 Å². The summed E-state index contributed by atoms with van der Waals surface area (Å²) in [5.41, 5.74) is 4.55. The van der Waals surface area contributed by atoms with Crippen LogP contribution in [0.2, 0.25) is 0 Å². The molecule has 4 rings (SSSR count). The number of fused-ring (bicyclic) bond motifs is 1. The van der Waals surface area contributed by atoms with E-state index < -0.39 is 0 Å². The lowest BCUT2D eigenvalue weighted by molar-refractivity contribution is 0.122. The van der Waals surface area contributed by atoms with Crippen LogP contribution in [0.5, 0.6) is 0 Å². The summed E-state index contributed by atoms with van der Waals surface area (Å²) in [6.45, 7) is 3.56. The van der Waals surface area contributed by atoms with Crippen LogP contribution >= 0.6 is 22.6 Å². The summed E-state index contributed by atoms with van der Waals surface area (Å²) in [6, 6.07) is 10.9. The van der Waals surface area contributed by atoms with Crippen molar-refractivity contribution in [2.75, 3.05) is 31.2 Å². The number of aromatic nitrogens is 2. The molecule has 0 radical (unpaired) electrons. The quantitative estimate of drug-likeness (QED) is 0.662. The number of ether oxygens (including phenoxy) is 1. The molecule has 0 aliphatic carbocycles. The lowest BCUT2D eigenvalue weighted by atomic mass is 10.1. The first-order valence-corrected chi connectivity index (χ1v) is 8.45. The van der Waals surface area contributed by atoms with E-state index in [9.17, 15) is 0 Å². The van der Waals surface area contributed by atoms with Gasteiger partial charge in [-0.05, 0) is 46.4 Å². The van der Waals surface area contributed by atoms with Crippen molar-refractivity contribution in [3.05, 3.63) is 46.3 Å². The minimum absolute atomic E-state index is 0.814. The van der Waals surface area contributed by atoms with Gasteiger partial charge in [0, 0.05) is 45.7 Å². The van der Waals surface area contributed by atoms with Crippen molar-refractivity contribution in [2.24, 2.45) is 0 Å². The summed E-state index contributed by atoms with van der Waals surface area (Å²) in [4.78, 5) is 10.0. The van der Waals surface area contributed by atoms with Gasteiger partial charge in [-0.1, -0.05) is 12.1 Å². The highest BCUT2D eigenvalue weighted by Gasteiger charge is 2.11. The fraction of sp³-hybridized carbons (Fsp3) is 0.235. The van der Waals surface area contributed by atoms with Crippen LogP contribution in [-0.2, 0) is 4.74 Å². The molecule has 0 atom stereocenters. The van der Waals surface area contributed by atoms with E-state index in [1.165, 1.54) is 20.2 Å². The van der Waals surface area contributed by atoms with E-state index in [0.29, 0.717) is 0 Å². The predicted octanol–water partition coefficient (Wildman–Crippen LogP) is 3.67. The molecular weight excluding hydrogens is 389 g/mol. The highest BCUT2D eigenvalue weighted by molar-refractivity contribution is 14.1. The van der Waals surface area contributed by atoms with Crippen LogP contribution in [0.25, 0.3) is 22.2 Å². The van der Waals surface area contributed by atoms with Gasteiger partial charge < -0.3 is 14.6 Å². The highest BCUT2D eigenvalue weighted by Crippen LogP contribution is 2.27. The Morgan fingerprint density at radius 2 is 1.86 bits per heavy atom. The number of hydrogen-bond donors (Lipinski definition) is 1. The monoisotopic (exact) mass is 405 g/mol. The summed E-state index contributed by atoms with van der Waals surface area (Å²) in [6.07, 6.45) is 3.92. The van der Waals surface area contributed by atoms with Crippen LogP contribution in [-0.4, -0.2) is 36.3 Å². The van der Waals surface area contributed by atoms with Gasteiger partial charge in [-0.3, -0.25) is 0 Å². The second-order valence-corrected chi connectivity index (χ2v) is 6.57. The van der Waals surface area contributed by atoms with Crippen molar-refractivity contribution < 1.29 is 4.74 Å². The number of rotatable bonds is 2. The molecule has 3 aromatic rings. The SMILES string of the molecule is Ic1c[nH]c2ncc(-c3ccc(N4CCOCC4)cc3)cc12. The van der Waals surface area contributed by atoms with Gasteiger partial charge in [-0.25, -0.2) is 4.98 Å². The van der Waals surface area contributed by atoms with Crippen molar-refractivity contribution in [1.82, 2.24) is 9.97 Å². The van der Waals surface area contributed by atoms with Crippen LogP contribution in [0, 0.1) is 3.57 Å². The van der Waals surface area contributed by atoms with Gasteiger partial charge >= 0.3 is 0 Å². The first kappa shape index (κ1) is 14.0. The number of anilines is 1. The Balaban J connectivity index is 1.64. The molecule has 0 spiro atoms. The summed E-state index contributed by atoms with van der Waals surface area (Å²) >= 11 is 2.33. The highest BCUT2D eigenvalue weighted by atomic mass is 127. The summed E-state index contributed by atoms with van der Waals surface area (Å²) in [5.74, 6) is 0. The average Bonchev–Trinajstić information content (AvgIpc) is 2.96. The molecule has 4 nitrogen and oxygen atoms in total. The topological polar surface area (TPSA) is 41.2 Å². The zero-order valence-corrected chi connectivity index (χ0v) is 14.2. The molecule has 2 aromatic heterocycles. The molecule has 22 heavy (non-hydrogen) atoms. The number of aromatic amines is 1. The molecule has 5 heteroatoms. The van der Waals surface area contributed by atoms with E-state index in [2.05, 4.69) is 67.8 Å². The van der Waals surface area contributed by atoms with Crippen LogP contribution < -0.4 is 4.90 Å². The van der Waals surface area contributed by atoms with Gasteiger partial charge in [-0.15, -0.1) is 0 Å². The van der Waals surface area contributed by atoms with Crippen molar-refractivity contribution in [1.29, 1.82) is 0 Å². The van der Waals surface area contributed by atoms with Crippen molar-refractivity contribution in [2.45, 2.75) is 0 Å². The zero-order chi connectivity index (χ0) is 14.9. The first-order chi connectivity index (χ1) is 10.8. The largest absolute Gasteiger partial charge is 0.378 e. The molecule has 0 amide bonds. The van der Waals surface area contributed by atoms with Crippen molar-refractivity contribution in [3.63, 3.8) is 0 Å². The standard InChI is InChI=1S/C17H16IN3O/c18-16-11-20-17-15(16)9-13(10-19-17)12-1-3-14(4-2-12)21-5-7-22-8-6-21/h1-4,9-11H,5-8H2,(H,19,20). The van der Waals surface area contributed by atoms with Crippen molar-refractivity contribution >= 4 is 39.3 Å². The van der Waals surface area contributed by atoms with E-state index in [0.717, 1.165) is 37.5 Å². The Bertz CT molecular complexity index is 791. The van der Waals surface area contributed by atoms with E-state index in [4.69, 9.17) is 4.74 Å². The third kappa shape index (κ3) is 2.59. The number of hydrogen-bond acceptors (Lipinski definition) is 3. The molecule has 1 aliphatic rings. The molecule has 1 aromatic carbocycles. The van der Waals surface area contributed by atoms with Crippen LogP contribution in [0.15, 0.2) is 42.7 Å². The smallest absolute Gasteiger partial charge is 0.138 e. The number of nitrogens with zero attached hydrogens (tertiary/aromatic N) is 2. The predicted molar refractivity (Wildman–Crippen MR) is 97.3 cm³/mol. The minimum atomic E-state index is 0.814. The number of benzene rings is 1. The van der Waals surface area contributed by atoms with Crippen LogP contribution in [0.1, 0.15) is 0 Å². The Morgan fingerprint density at radius 3 is 2.64 bits per heavy atom. The molecule has 112 valence electrons. The maximum atomic E-state index is 5.41. The number of nitrogens with one attached hydrogen (secondary N) is 1. The maximum Gasteiger partial charge on any atom is 0.138 e. The fourth-order valence-corrected chi connectivity index (χ4v) is 3.38. The Labute approximate surface area is 142 Å². The van der Waals surface area contributed by atoms with Gasteiger partial charge in [0.05, 0.1) is 13.2 Å².